The van der Waals surface area contributed by atoms with Gasteiger partial charge in [-0.15, -0.1) is 0 Å². The zero-order valence-electron chi connectivity index (χ0n) is 11.9. The van der Waals surface area contributed by atoms with E-state index < -0.39 is 0 Å². The second kappa shape index (κ2) is 5.41. The zero-order chi connectivity index (χ0) is 13.2. The van der Waals surface area contributed by atoms with Crippen molar-refractivity contribution in [3.63, 3.8) is 0 Å². The van der Waals surface area contributed by atoms with Gasteiger partial charge in [0.1, 0.15) is 5.75 Å². The van der Waals surface area contributed by atoms with E-state index in [1.165, 1.54) is 31.4 Å². The Morgan fingerprint density at radius 3 is 2.32 bits per heavy atom. The topological polar surface area (TPSA) is 24.5 Å². The molecule has 0 aromatic heterocycles. The minimum absolute atomic E-state index is 0.705. The van der Waals surface area contributed by atoms with E-state index in [2.05, 4.69) is 41.5 Å². The highest BCUT2D eigenvalue weighted by Gasteiger charge is 2.40. The summed E-state index contributed by atoms with van der Waals surface area (Å²) in [4.78, 5) is 2.64. The van der Waals surface area contributed by atoms with Gasteiger partial charge in [-0.2, -0.15) is 0 Å². The molecule has 1 aromatic carbocycles. The number of fused-ring (bicyclic) bond motifs is 2. The Morgan fingerprint density at radius 1 is 1.16 bits per heavy atom. The van der Waals surface area contributed by atoms with E-state index >= 15 is 0 Å². The van der Waals surface area contributed by atoms with E-state index in [1.54, 1.807) is 0 Å². The molecule has 104 valence electrons. The van der Waals surface area contributed by atoms with Crippen LogP contribution in [0.2, 0.25) is 0 Å². The van der Waals surface area contributed by atoms with Crippen LogP contribution in [0.25, 0.3) is 0 Å². The predicted molar refractivity (Wildman–Crippen MR) is 79.0 cm³/mol. The van der Waals surface area contributed by atoms with Crippen LogP contribution in [-0.4, -0.2) is 31.8 Å². The number of hydrogen-bond donors (Lipinski definition) is 1. The first-order valence-corrected chi connectivity index (χ1v) is 7.50. The molecule has 3 rings (SSSR count). The molecular formula is C16H24N2O. The Hall–Kier alpha value is -1.22. The van der Waals surface area contributed by atoms with Gasteiger partial charge < -0.3 is 15.0 Å². The molecule has 1 aromatic rings. The quantitative estimate of drug-likeness (QED) is 0.901. The number of anilines is 1. The lowest BCUT2D eigenvalue weighted by Gasteiger charge is -2.40. The normalized spacial score (nSPS) is 29.6. The fourth-order valence-electron chi connectivity index (χ4n) is 3.72. The van der Waals surface area contributed by atoms with E-state index in [9.17, 15) is 0 Å². The lowest BCUT2D eigenvalue weighted by molar-refractivity contribution is 0.340. The molecule has 2 atom stereocenters. The summed E-state index contributed by atoms with van der Waals surface area (Å²) in [5, 5.41) is 3.46. The first-order chi connectivity index (χ1) is 9.31. The van der Waals surface area contributed by atoms with Crippen molar-refractivity contribution >= 4 is 5.69 Å². The largest absolute Gasteiger partial charge is 0.494 e. The van der Waals surface area contributed by atoms with E-state index in [4.69, 9.17) is 4.74 Å². The van der Waals surface area contributed by atoms with Crippen LogP contribution in [-0.2, 0) is 0 Å². The van der Waals surface area contributed by atoms with Gasteiger partial charge in [0.2, 0.25) is 0 Å². The van der Waals surface area contributed by atoms with Crippen LogP contribution >= 0.6 is 0 Å². The summed E-state index contributed by atoms with van der Waals surface area (Å²) in [5.41, 5.74) is 1.37. The molecule has 2 saturated heterocycles. The van der Waals surface area contributed by atoms with Crippen molar-refractivity contribution < 1.29 is 4.74 Å². The minimum atomic E-state index is 0.705. The predicted octanol–water partition coefficient (Wildman–Crippen LogP) is 2.80. The molecule has 0 aliphatic carbocycles. The van der Waals surface area contributed by atoms with E-state index in [1.807, 2.05) is 6.92 Å². The highest BCUT2D eigenvalue weighted by Crippen LogP contribution is 2.39. The van der Waals surface area contributed by atoms with Crippen molar-refractivity contribution in [1.82, 2.24) is 5.32 Å². The summed E-state index contributed by atoms with van der Waals surface area (Å²) in [7, 11) is 2.09. The molecule has 0 radical (unpaired) electrons. The van der Waals surface area contributed by atoms with E-state index in [0.29, 0.717) is 18.1 Å². The molecule has 2 fully saturated rings. The molecule has 0 amide bonds. The van der Waals surface area contributed by atoms with Gasteiger partial charge in [0.15, 0.2) is 0 Å². The van der Waals surface area contributed by atoms with Gasteiger partial charge in [-0.3, -0.25) is 0 Å². The van der Waals surface area contributed by atoms with Crippen LogP contribution in [0.5, 0.6) is 5.75 Å². The summed E-state index contributed by atoms with van der Waals surface area (Å²) in [5.74, 6) is 0.976. The smallest absolute Gasteiger partial charge is 0.119 e. The average molecular weight is 260 g/mol. The van der Waals surface area contributed by atoms with Crippen molar-refractivity contribution in [1.29, 1.82) is 0 Å². The second-order valence-corrected chi connectivity index (χ2v) is 5.68. The molecule has 2 aliphatic rings. The summed E-state index contributed by atoms with van der Waals surface area (Å²) >= 11 is 0. The van der Waals surface area contributed by atoms with Crippen molar-refractivity contribution in [3.8, 4) is 5.75 Å². The number of nitrogens with zero attached hydrogens (tertiary/aromatic N) is 1. The molecular weight excluding hydrogens is 236 g/mol. The second-order valence-electron chi connectivity index (χ2n) is 5.68. The number of nitrogens with one attached hydrogen (secondary N) is 1. The Kier molecular flexibility index (Phi) is 3.65. The Balaban J connectivity index is 1.76. The molecule has 1 N–H and O–H groups in total. The van der Waals surface area contributed by atoms with Gasteiger partial charge in [0.25, 0.3) is 0 Å². The van der Waals surface area contributed by atoms with Crippen molar-refractivity contribution in [2.45, 2.75) is 50.7 Å². The molecule has 3 nitrogen and oxygen atoms in total. The Bertz CT molecular complexity index is 403. The fraction of sp³-hybridized carbons (Fsp3) is 0.625. The van der Waals surface area contributed by atoms with Crippen molar-refractivity contribution in [2.24, 2.45) is 0 Å². The summed E-state index contributed by atoms with van der Waals surface area (Å²) in [6, 6.07) is 10.8. The van der Waals surface area contributed by atoms with Gasteiger partial charge in [0.05, 0.1) is 6.61 Å². The number of hydrogen-bond acceptors (Lipinski definition) is 3. The first-order valence-electron chi connectivity index (χ1n) is 7.50. The molecule has 0 spiro atoms. The van der Waals surface area contributed by atoms with Crippen LogP contribution in [0.4, 0.5) is 5.69 Å². The Labute approximate surface area is 115 Å². The van der Waals surface area contributed by atoms with Gasteiger partial charge in [-0.05, 0) is 63.9 Å². The van der Waals surface area contributed by atoms with Crippen LogP contribution in [0, 0.1) is 0 Å². The molecule has 19 heavy (non-hydrogen) atoms. The third-order valence-corrected chi connectivity index (χ3v) is 4.59. The van der Waals surface area contributed by atoms with Gasteiger partial charge >= 0.3 is 0 Å². The highest BCUT2D eigenvalue weighted by molar-refractivity contribution is 5.52. The lowest BCUT2D eigenvalue weighted by Crippen LogP contribution is -2.48. The van der Waals surface area contributed by atoms with Gasteiger partial charge in [-0.1, -0.05) is 0 Å². The highest BCUT2D eigenvalue weighted by atomic mass is 16.5. The SMILES string of the molecule is CCOc1ccc(N2C3CCC2CC(NC)C3)cc1. The summed E-state index contributed by atoms with van der Waals surface area (Å²) in [6.07, 6.45) is 5.24. The maximum Gasteiger partial charge on any atom is 0.119 e. The minimum Gasteiger partial charge on any atom is -0.494 e. The molecule has 2 heterocycles. The lowest BCUT2D eigenvalue weighted by atomic mass is 9.97. The van der Waals surface area contributed by atoms with Crippen LogP contribution in [0.3, 0.4) is 0 Å². The molecule has 0 saturated carbocycles. The van der Waals surface area contributed by atoms with E-state index in [0.717, 1.165) is 12.4 Å². The summed E-state index contributed by atoms with van der Waals surface area (Å²) < 4.78 is 5.52. The van der Waals surface area contributed by atoms with Gasteiger partial charge in [0, 0.05) is 23.8 Å². The monoisotopic (exact) mass is 260 g/mol. The third kappa shape index (κ3) is 2.44. The van der Waals surface area contributed by atoms with Crippen LogP contribution in [0.1, 0.15) is 32.6 Å². The van der Waals surface area contributed by atoms with E-state index in [-0.39, 0.29) is 0 Å². The van der Waals surface area contributed by atoms with Crippen molar-refractivity contribution in [3.05, 3.63) is 24.3 Å². The van der Waals surface area contributed by atoms with Crippen LogP contribution in [0.15, 0.2) is 24.3 Å². The number of ether oxygens (including phenoxy) is 1. The molecule has 2 aliphatic heterocycles. The molecule has 2 bridgehead atoms. The number of piperidine rings is 1. The molecule has 2 unspecified atom stereocenters. The Morgan fingerprint density at radius 2 is 1.79 bits per heavy atom. The number of rotatable bonds is 4. The average Bonchev–Trinajstić information content (AvgIpc) is 2.70. The van der Waals surface area contributed by atoms with Gasteiger partial charge in [-0.25, -0.2) is 0 Å². The fourth-order valence-corrected chi connectivity index (χ4v) is 3.72. The first kappa shape index (κ1) is 12.8. The van der Waals surface area contributed by atoms with Crippen molar-refractivity contribution in [2.75, 3.05) is 18.6 Å². The van der Waals surface area contributed by atoms with Crippen LogP contribution < -0.4 is 15.0 Å². The standard InChI is InChI=1S/C16H24N2O/c1-3-19-16-8-6-13(7-9-16)18-14-4-5-15(18)11-12(10-14)17-2/h6-9,12,14-15,17H,3-5,10-11H2,1-2H3. The maximum atomic E-state index is 5.52. The number of benzene rings is 1. The third-order valence-electron chi connectivity index (χ3n) is 4.59. The summed E-state index contributed by atoms with van der Waals surface area (Å²) in [6.45, 7) is 2.76. The maximum absolute atomic E-state index is 5.52. The molecule has 3 heteroatoms. The zero-order valence-corrected chi connectivity index (χ0v) is 11.9.